The molecule has 1 aliphatic carbocycles. The smallest absolute Gasteiger partial charge is 0.317 e. The van der Waals surface area contributed by atoms with Crippen molar-refractivity contribution in [2.75, 3.05) is 13.2 Å². The zero-order chi connectivity index (χ0) is 18.2. The highest BCUT2D eigenvalue weighted by atomic mass is 16.5. The number of hydrogen-bond donors (Lipinski definition) is 0. The summed E-state index contributed by atoms with van der Waals surface area (Å²) in [7, 11) is 0. The molecule has 0 aliphatic heterocycles. The van der Waals surface area contributed by atoms with Gasteiger partial charge in [-0.25, -0.2) is 0 Å². The maximum absolute atomic E-state index is 12.2. The van der Waals surface area contributed by atoms with Crippen LogP contribution in [0.1, 0.15) is 57.4 Å². The number of carbonyl (C=O) groups excluding carboxylic acids is 3. The largest absolute Gasteiger partial charge is 0.494 e. The van der Waals surface area contributed by atoms with Crippen LogP contribution >= 0.6 is 0 Å². The first-order valence-electron chi connectivity index (χ1n) is 9.00. The Morgan fingerprint density at radius 3 is 2.48 bits per heavy atom. The minimum absolute atomic E-state index is 0.129. The summed E-state index contributed by atoms with van der Waals surface area (Å²) >= 11 is 0. The number of Topliss-reactive ketones (excluding diaryl/α,β-unsaturated/α-hetero) is 2. The van der Waals surface area contributed by atoms with Crippen LogP contribution in [-0.4, -0.2) is 30.7 Å². The van der Waals surface area contributed by atoms with E-state index in [0.717, 1.165) is 30.6 Å². The number of carbonyl (C=O) groups is 3. The zero-order valence-corrected chi connectivity index (χ0v) is 15.0. The highest BCUT2D eigenvalue weighted by molar-refractivity contribution is 6.11. The average molecular weight is 346 g/mol. The lowest BCUT2D eigenvalue weighted by Crippen LogP contribution is -2.38. The molecule has 1 aliphatic rings. The molecular weight excluding hydrogens is 320 g/mol. The minimum atomic E-state index is -0.894. The van der Waals surface area contributed by atoms with E-state index in [9.17, 15) is 14.4 Å². The van der Waals surface area contributed by atoms with Gasteiger partial charge in [0.1, 0.15) is 17.5 Å². The summed E-state index contributed by atoms with van der Waals surface area (Å²) in [6.45, 7) is 4.73. The molecule has 0 spiro atoms. The second kappa shape index (κ2) is 9.35. The maximum Gasteiger partial charge on any atom is 0.317 e. The van der Waals surface area contributed by atoms with Crippen LogP contribution in [0.25, 0.3) is 0 Å². The summed E-state index contributed by atoms with van der Waals surface area (Å²) in [5.41, 5.74) is 0.792. The standard InChI is InChI=1S/C20H26O5/c1-3-5-6-11-25-16-9-7-14(8-10-16)17-12-15(21)13-18(22)19(17)20(23)24-4-2/h7-10,17,19H,3-6,11-13H2,1-2H3/t17-,19+/m0/s1. The maximum atomic E-state index is 12.2. The van der Waals surface area contributed by atoms with Gasteiger partial charge in [-0.15, -0.1) is 0 Å². The van der Waals surface area contributed by atoms with Crippen molar-refractivity contribution in [3.63, 3.8) is 0 Å². The van der Waals surface area contributed by atoms with E-state index in [2.05, 4.69) is 6.92 Å². The highest BCUT2D eigenvalue weighted by Gasteiger charge is 2.42. The van der Waals surface area contributed by atoms with Crippen LogP contribution in [0.4, 0.5) is 0 Å². The lowest BCUT2D eigenvalue weighted by atomic mass is 9.74. The van der Waals surface area contributed by atoms with Gasteiger partial charge in [0, 0.05) is 12.3 Å². The van der Waals surface area contributed by atoms with E-state index in [1.54, 1.807) is 6.92 Å². The van der Waals surface area contributed by atoms with Crippen molar-refractivity contribution in [1.82, 2.24) is 0 Å². The van der Waals surface area contributed by atoms with Gasteiger partial charge in [-0.05, 0) is 31.0 Å². The number of ether oxygens (including phenoxy) is 2. The van der Waals surface area contributed by atoms with Gasteiger partial charge in [0.25, 0.3) is 0 Å². The van der Waals surface area contributed by atoms with E-state index in [-0.39, 0.29) is 31.0 Å². The second-order valence-corrected chi connectivity index (χ2v) is 6.35. The Morgan fingerprint density at radius 1 is 1.12 bits per heavy atom. The molecule has 2 atom stereocenters. The molecule has 5 heteroatoms. The third kappa shape index (κ3) is 5.15. The summed E-state index contributed by atoms with van der Waals surface area (Å²) in [5, 5.41) is 0. The molecule has 0 aromatic heterocycles. The first-order chi connectivity index (χ1) is 12.1. The molecule has 0 amide bonds. The van der Waals surface area contributed by atoms with Gasteiger partial charge in [0.15, 0.2) is 5.78 Å². The third-order valence-corrected chi connectivity index (χ3v) is 4.43. The second-order valence-electron chi connectivity index (χ2n) is 6.35. The predicted octanol–water partition coefficient (Wildman–Crippen LogP) is 3.45. The zero-order valence-electron chi connectivity index (χ0n) is 15.0. The van der Waals surface area contributed by atoms with Gasteiger partial charge in [-0.3, -0.25) is 14.4 Å². The van der Waals surface area contributed by atoms with Gasteiger partial charge in [0.05, 0.1) is 19.6 Å². The van der Waals surface area contributed by atoms with Crippen LogP contribution in [0, 0.1) is 5.92 Å². The SMILES string of the molecule is CCCCCOc1ccc([C@@H]2CC(=O)CC(=O)[C@@H]2C(=O)OCC)cc1. The first kappa shape index (κ1) is 19.2. The molecule has 1 fully saturated rings. The van der Waals surface area contributed by atoms with Gasteiger partial charge in [-0.2, -0.15) is 0 Å². The number of unbranched alkanes of at least 4 members (excludes halogenated alkanes) is 2. The van der Waals surface area contributed by atoms with Crippen LogP contribution in [0.3, 0.4) is 0 Å². The Balaban J connectivity index is 2.11. The molecular formula is C20H26O5. The normalized spacial score (nSPS) is 20.4. The quantitative estimate of drug-likeness (QED) is 0.410. The lowest BCUT2D eigenvalue weighted by molar-refractivity contribution is -0.154. The topological polar surface area (TPSA) is 69.7 Å². The van der Waals surface area contributed by atoms with Crippen molar-refractivity contribution in [3.8, 4) is 5.75 Å². The molecule has 0 saturated heterocycles. The Labute approximate surface area is 148 Å². The Kier molecular flexibility index (Phi) is 7.16. The fourth-order valence-electron chi connectivity index (χ4n) is 3.16. The average Bonchev–Trinajstić information content (AvgIpc) is 2.59. The van der Waals surface area contributed by atoms with Crippen LogP contribution in [0.2, 0.25) is 0 Å². The monoisotopic (exact) mass is 346 g/mol. The number of ketones is 2. The van der Waals surface area contributed by atoms with E-state index in [4.69, 9.17) is 9.47 Å². The summed E-state index contributed by atoms with van der Waals surface area (Å²) in [6.07, 6.45) is 3.28. The summed E-state index contributed by atoms with van der Waals surface area (Å²) < 4.78 is 10.7. The van der Waals surface area contributed by atoms with Crippen molar-refractivity contribution in [2.24, 2.45) is 5.92 Å². The summed E-state index contributed by atoms with van der Waals surface area (Å²) in [5.74, 6) is -1.61. The van der Waals surface area contributed by atoms with Gasteiger partial charge in [-0.1, -0.05) is 31.9 Å². The Morgan fingerprint density at radius 2 is 1.84 bits per heavy atom. The molecule has 2 rings (SSSR count). The molecule has 5 nitrogen and oxygen atoms in total. The van der Waals surface area contributed by atoms with Crippen molar-refractivity contribution in [3.05, 3.63) is 29.8 Å². The van der Waals surface area contributed by atoms with E-state index >= 15 is 0 Å². The third-order valence-electron chi connectivity index (χ3n) is 4.43. The molecule has 0 unspecified atom stereocenters. The molecule has 136 valence electrons. The number of hydrogen-bond acceptors (Lipinski definition) is 5. The highest BCUT2D eigenvalue weighted by Crippen LogP contribution is 2.36. The van der Waals surface area contributed by atoms with Crippen molar-refractivity contribution >= 4 is 17.5 Å². The molecule has 0 heterocycles. The Bertz CT molecular complexity index is 605. The van der Waals surface area contributed by atoms with E-state index in [1.807, 2.05) is 24.3 Å². The van der Waals surface area contributed by atoms with Crippen molar-refractivity contribution in [1.29, 1.82) is 0 Å². The van der Waals surface area contributed by atoms with Crippen molar-refractivity contribution < 1.29 is 23.9 Å². The molecule has 1 aromatic carbocycles. The van der Waals surface area contributed by atoms with Gasteiger partial charge in [0.2, 0.25) is 0 Å². The van der Waals surface area contributed by atoms with Gasteiger partial charge >= 0.3 is 5.97 Å². The predicted molar refractivity (Wildman–Crippen MR) is 93.6 cm³/mol. The minimum Gasteiger partial charge on any atom is -0.494 e. The fourth-order valence-corrected chi connectivity index (χ4v) is 3.16. The number of benzene rings is 1. The molecule has 0 bridgehead atoms. The molecule has 1 saturated carbocycles. The lowest BCUT2D eigenvalue weighted by Gasteiger charge is -2.28. The van der Waals surface area contributed by atoms with E-state index in [0.29, 0.717) is 6.61 Å². The van der Waals surface area contributed by atoms with Crippen LogP contribution in [0.15, 0.2) is 24.3 Å². The number of rotatable bonds is 8. The van der Waals surface area contributed by atoms with Crippen molar-refractivity contribution in [2.45, 2.75) is 51.9 Å². The van der Waals surface area contributed by atoms with Crippen LogP contribution in [0.5, 0.6) is 5.75 Å². The van der Waals surface area contributed by atoms with Crippen LogP contribution < -0.4 is 4.74 Å². The molecule has 0 N–H and O–H groups in total. The molecule has 1 aromatic rings. The molecule has 25 heavy (non-hydrogen) atoms. The van der Waals surface area contributed by atoms with E-state index in [1.165, 1.54) is 0 Å². The summed E-state index contributed by atoms with van der Waals surface area (Å²) in [6, 6.07) is 7.32. The Hall–Kier alpha value is -2.17. The summed E-state index contributed by atoms with van der Waals surface area (Å²) in [4.78, 5) is 36.3. The van der Waals surface area contributed by atoms with E-state index < -0.39 is 17.8 Å². The number of esters is 1. The fraction of sp³-hybridized carbons (Fsp3) is 0.550. The van der Waals surface area contributed by atoms with Gasteiger partial charge < -0.3 is 9.47 Å². The van der Waals surface area contributed by atoms with Crippen LogP contribution in [-0.2, 0) is 19.1 Å². The molecule has 0 radical (unpaired) electrons. The first-order valence-corrected chi connectivity index (χ1v) is 9.00.